The third-order valence-electron chi connectivity index (χ3n) is 10.6. The second-order valence-electron chi connectivity index (χ2n) is 13.0. The van der Waals surface area contributed by atoms with Crippen molar-refractivity contribution >= 4 is 17.4 Å². The molecule has 1 N–H and O–H groups in total. The maximum Gasteiger partial charge on any atom is 0.304 e. The van der Waals surface area contributed by atoms with Gasteiger partial charge in [0.05, 0.1) is 0 Å². The molecule has 5 rings (SSSR count). The number of carbonyl (C=O) groups is 2. The van der Waals surface area contributed by atoms with E-state index in [2.05, 4.69) is 55.0 Å². The molecule has 220 valence electrons. The Morgan fingerprint density at radius 1 is 1.10 bits per heavy atom. The summed E-state index contributed by atoms with van der Waals surface area (Å²) in [5.74, 6) is 7.59. The average Bonchev–Trinajstić information content (AvgIpc) is 3.23. The Labute approximate surface area is 246 Å². The lowest BCUT2D eigenvalue weighted by Gasteiger charge is -2.54. The number of hydrogen-bond donors (Lipinski definition) is 1. The first kappa shape index (κ1) is 29.6. The van der Waals surface area contributed by atoms with Crippen molar-refractivity contribution in [3.8, 4) is 11.8 Å². The number of benzene rings is 1. The second kappa shape index (κ2) is 12.2. The number of aliphatic hydroxyl groups is 1. The van der Waals surface area contributed by atoms with Crippen LogP contribution in [0.25, 0.3) is 0 Å². The minimum atomic E-state index is -0.762. The van der Waals surface area contributed by atoms with Crippen LogP contribution in [0.3, 0.4) is 0 Å². The number of anilines is 1. The summed E-state index contributed by atoms with van der Waals surface area (Å²) < 4.78 is 6.20. The van der Waals surface area contributed by atoms with Gasteiger partial charge in [-0.2, -0.15) is 0 Å². The van der Waals surface area contributed by atoms with E-state index in [-0.39, 0.29) is 29.7 Å². The number of hydrogen-bond acceptors (Lipinski definition) is 5. The van der Waals surface area contributed by atoms with E-state index in [0.29, 0.717) is 18.3 Å². The minimum absolute atomic E-state index is 0.206. The van der Waals surface area contributed by atoms with Crippen molar-refractivity contribution in [2.45, 2.75) is 103 Å². The van der Waals surface area contributed by atoms with E-state index < -0.39 is 5.60 Å². The maximum absolute atomic E-state index is 12.4. The number of nitrogens with zero attached hydrogens (tertiary/aromatic N) is 1. The van der Waals surface area contributed by atoms with E-state index in [4.69, 9.17) is 9.84 Å². The number of aliphatic hydroxyl groups excluding tert-OH is 1. The number of ether oxygens (including phenoxy) is 1. The van der Waals surface area contributed by atoms with Crippen molar-refractivity contribution in [2.24, 2.45) is 17.3 Å². The van der Waals surface area contributed by atoms with Gasteiger partial charge in [0.1, 0.15) is 0 Å². The quantitative estimate of drug-likeness (QED) is 0.203. The molecule has 5 atom stereocenters. The molecule has 4 aliphatic carbocycles. The van der Waals surface area contributed by atoms with Crippen molar-refractivity contribution in [1.29, 1.82) is 0 Å². The molecule has 0 radical (unpaired) electrons. The lowest BCUT2D eigenvalue weighted by molar-refractivity contribution is -0.164. The fourth-order valence-electron chi connectivity index (χ4n) is 8.70. The van der Waals surface area contributed by atoms with Gasteiger partial charge in [-0.3, -0.25) is 9.59 Å². The highest BCUT2D eigenvalue weighted by Gasteiger charge is 2.65. The van der Waals surface area contributed by atoms with Crippen LogP contribution in [0.4, 0.5) is 5.69 Å². The smallest absolute Gasteiger partial charge is 0.304 e. The Morgan fingerprint density at radius 3 is 2.56 bits per heavy atom. The molecule has 2 fully saturated rings. The summed E-state index contributed by atoms with van der Waals surface area (Å²) in [6.45, 7) is 6.98. The van der Waals surface area contributed by atoms with Crippen LogP contribution >= 0.6 is 0 Å². The number of fused-ring (bicyclic) bond motifs is 4. The van der Waals surface area contributed by atoms with Gasteiger partial charge < -0.3 is 14.7 Å². The van der Waals surface area contributed by atoms with Crippen LogP contribution in [-0.4, -0.2) is 42.7 Å². The van der Waals surface area contributed by atoms with Crippen LogP contribution in [0.15, 0.2) is 47.1 Å². The zero-order chi connectivity index (χ0) is 29.2. The number of ketones is 1. The fraction of sp³-hybridized carbons (Fsp3) is 0.611. The van der Waals surface area contributed by atoms with Crippen LogP contribution < -0.4 is 4.90 Å². The van der Waals surface area contributed by atoms with Crippen LogP contribution in [0.5, 0.6) is 0 Å². The van der Waals surface area contributed by atoms with E-state index in [0.717, 1.165) is 70.8 Å². The summed E-state index contributed by atoms with van der Waals surface area (Å²) in [5, 5.41) is 9.03. The molecule has 5 nitrogen and oxygen atoms in total. The molecule has 0 heterocycles. The molecule has 5 heteroatoms. The van der Waals surface area contributed by atoms with Gasteiger partial charge >= 0.3 is 5.97 Å². The third-order valence-corrected chi connectivity index (χ3v) is 10.6. The minimum Gasteiger partial charge on any atom is -0.445 e. The molecule has 0 bridgehead atoms. The topological polar surface area (TPSA) is 66.8 Å². The first-order chi connectivity index (χ1) is 19.7. The van der Waals surface area contributed by atoms with Crippen molar-refractivity contribution in [1.82, 2.24) is 0 Å². The first-order valence-electron chi connectivity index (χ1n) is 15.7. The van der Waals surface area contributed by atoms with Crippen molar-refractivity contribution in [2.75, 3.05) is 25.1 Å². The van der Waals surface area contributed by atoms with E-state index >= 15 is 0 Å². The van der Waals surface area contributed by atoms with Crippen LogP contribution in [0, 0.1) is 29.1 Å². The van der Waals surface area contributed by atoms with E-state index in [1.54, 1.807) is 5.57 Å². The normalized spacial score (nSPS) is 30.4. The Balaban J connectivity index is 1.51. The third kappa shape index (κ3) is 5.53. The largest absolute Gasteiger partial charge is 0.445 e. The van der Waals surface area contributed by atoms with Crippen LogP contribution in [-0.2, 0) is 14.3 Å². The molecule has 1 aromatic carbocycles. The molecule has 0 aromatic heterocycles. The molecule has 0 spiro atoms. The highest BCUT2D eigenvalue weighted by molar-refractivity contribution is 5.93. The lowest BCUT2D eigenvalue weighted by atomic mass is 9.51. The molecular formula is C36H47NO4. The van der Waals surface area contributed by atoms with Gasteiger partial charge in [-0.15, -0.1) is 5.92 Å². The number of esters is 1. The summed E-state index contributed by atoms with van der Waals surface area (Å²) in [6.07, 6.45) is 12.2. The molecule has 41 heavy (non-hydrogen) atoms. The zero-order valence-corrected chi connectivity index (χ0v) is 25.4. The van der Waals surface area contributed by atoms with Gasteiger partial charge in [0.15, 0.2) is 11.4 Å². The molecule has 0 aliphatic heterocycles. The number of carbonyl (C=O) groups excluding carboxylic acids is 2. The molecular weight excluding hydrogens is 510 g/mol. The predicted molar refractivity (Wildman–Crippen MR) is 163 cm³/mol. The highest BCUT2D eigenvalue weighted by atomic mass is 16.6. The monoisotopic (exact) mass is 557 g/mol. The zero-order valence-electron chi connectivity index (χ0n) is 25.4. The van der Waals surface area contributed by atoms with Crippen LogP contribution in [0.2, 0.25) is 0 Å². The maximum atomic E-state index is 12.4. The van der Waals surface area contributed by atoms with Gasteiger partial charge in [0.2, 0.25) is 0 Å². The van der Waals surface area contributed by atoms with Crippen molar-refractivity contribution < 1.29 is 19.4 Å². The first-order valence-corrected chi connectivity index (χ1v) is 15.7. The SMILES string of the molecule is CC#C[C@]1(OC(C)=O)CC[C@H]2[C@@H]3CCC4=CC(=O)CCC4=C3[C@@H](c3ccc(N(C)CCCCCCO)cc3)C[C@@]21C. The Bertz CT molecular complexity index is 1280. The Kier molecular flexibility index (Phi) is 8.81. The van der Waals surface area contributed by atoms with Gasteiger partial charge in [0, 0.05) is 50.6 Å². The van der Waals surface area contributed by atoms with E-state index in [1.165, 1.54) is 29.3 Å². The summed E-state index contributed by atoms with van der Waals surface area (Å²) in [7, 11) is 2.15. The predicted octanol–water partition coefficient (Wildman–Crippen LogP) is 6.90. The molecule has 1 aromatic rings. The molecule has 4 aliphatic rings. The second-order valence-corrected chi connectivity index (χ2v) is 13.0. The number of unbranched alkanes of at least 4 members (excludes halogenated alkanes) is 3. The summed E-state index contributed by atoms with van der Waals surface area (Å²) in [5.41, 5.74) is 5.75. The summed E-state index contributed by atoms with van der Waals surface area (Å²) in [4.78, 5) is 27.1. The Hall–Kier alpha value is -2.84. The summed E-state index contributed by atoms with van der Waals surface area (Å²) in [6, 6.07) is 9.11. The highest BCUT2D eigenvalue weighted by Crippen LogP contribution is 2.67. The van der Waals surface area contributed by atoms with E-state index in [1.807, 2.05) is 13.0 Å². The molecule has 2 saturated carbocycles. The lowest BCUT2D eigenvalue weighted by Crippen LogP contribution is -2.53. The van der Waals surface area contributed by atoms with Gasteiger partial charge in [-0.05, 0) is 105 Å². The molecule has 0 amide bonds. The number of rotatable bonds is 9. The van der Waals surface area contributed by atoms with Crippen molar-refractivity contribution in [3.05, 3.63) is 52.6 Å². The molecule has 0 unspecified atom stereocenters. The molecule has 0 saturated heterocycles. The standard InChI is InChI=1S/C36H47NO4/c1-5-19-36(41-25(2)39)20-18-33-31-16-12-27-23-29(40)15-17-30(27)34(31)32(24-35(33,36)3)26-10-13-28(14-11-26)37(4)21-8-6-7-9-22-38/h10-11,13-14,23,31-33,38H,6-9,12,15-18,20-22,24H2,1-4H3/t31-,32+,33-,35-,36-/m0/s1. The Morgan fingerprint density at radius 2 is 1.85 bits per heavy atom. The summed E-state index contributed by atoms with van der Waals surface area (Å²) >= 11 is 0. The van der Waals surface area contributed by atoms with Crippen molar-refractivity contribution in [3.63, 3.8) is 0 Å². The van der Waals surface area contributed by atoms with Gasteiger partial charge in [0.25, 0.3) is 0 Å². The fourth-order valence-corrected chi connectivity index (χ4v) is 8.70. The number of allylic oxidation sites excluding steroid dienone is 4. The van der Waals surface area contributed by atoms with E-state index in [9.17, 15) is 9.59 Å². The van der Waals surface area contributed by atoms with Crippen LogP contribution in [0.1, 0.15) is 103 Å². The van der Waals surface area contributed by atoms with Gasteiger partial charge in [-0.1, -0.05) is 43.4 Å². The van der Waals surface area contributed by atoms with Gasteiger partial charge in [-0.25, -0.2) is 0 Å². The average molecular weight is 558 g/mol.